The molecule has 19 heavy (non-hydrogen) atoms. The van der Waals surface area contributed by atoms with Gasteiger partial charge < -0.3 is 14.7 Å². The Morgan fingerprint density at radius 2 is 2.32 bits per heavy atom. The summed E-state index contributed by atoms with van der Waals surface area (Å²) >= 11 is 0. The molecule has 0 bridgehead atoms. The van der Waals surface area contributed by atoms with Crippen molar-refractivity contribution in [3.8, 4) is 0 Å². The zero-order chi connectivity index (χ0) is 13.2. The van der Waals surface area contributed by atoms with Crippen LogP contribution in [0.4, 0.5) is 0 Å². The lowest BCUT2D eigenvalue weighted by atomic mass is 10.1. The van der Waals surface area contributed by atoms with Gasteiger partial charge in [0.1, 0.15) is 12.0 Å². The van der Waals surface area contributed by atoms with Crippen molar-refractivity contribution in [3.05, 3.63) is 18.0 Å². The van der Waals surface area contributed by atoms with Crippen LogP contribution in [-0.2, 0) is 6.54 Å². The molecule has 0 aliphatic heterocycles. The molecule has 5 nitrogen and oxygen atoms in total. The standard InChI is InChI=1S/C13H22N4O.HI/c1-13(2)7-10(13)8-15-12(14-3)17(4)9-11-5-6-18-16-11;/h5-6,10H,7-9H2,1-4H3,(H,14,15);1H. The van der Waals surface area contributed by atoms with E-state index in [2.05, 4.69) is 29.3 Å². The molecule has 1 aliphatic rings. The summed E-state index contributed by atoms with van der Waals surface area (Å²) in [5.41, 5.74) is 1.41. The van der Waals surface area contributed by atoms with Gasteiger partial charge >= 0.3 is 0 Å². The summed E-state index contributed by atoms with van der Waals surface area (Å²) in [5, 5.41) is 7.32. The zero-order valence-electron chi connectivity index (χ0n) is 12.0. The van der Waals surface area contributed by atoms with Gasteiger partial charge in [0, 0.05) is 26.7 Å². The van der Waals surface area contributed by atoms with Crippen molar-refractivity contribution in [3.63, 3.8) is 0 Å². The third-order valence-corrected chi connectivity index (χ3v) is 3.69. The number of guanidine groups is 1. The fourth-order valence-electron chi connectivity index (χ4n) is 2.16. The summed E-state index contributed by atoms with van der Waals surface area (Å²) in [5.74, 6) is 1.66. The van der Waals surface area contributed by atoms with E-state index in [0.29, 0.717) is 12.0 Å². The molecule has 0 saturated heterocycles. The van der Waals surface area contributed by atoms with Crippen molar-refractivity contribution in [2.24, 2.45) is 16.3 Å². The largest absolute Gasteiger partial charge is 0.364 e. The van der Waals surface area contributed by atoms with Crippen molar-refractivity contribution in [1.29, 1.82) is 0 Å². The van der Waals surface area contributed by atoms with Gasteiger partial charge in [-0.25, -0.2) is 0 Å². The van der Waals surface area contributed by atoms with E-state index in [1.54, 1.807) is 13.3 Å². The van der Waals surface area contributed by atoms with Gasteiger partial charge in [0.25, 0.3) is 0 Å². The lowest BCUT2D eigenvalue weighted by Gasteiger charge is -2.21. The minimum absolute atomic E-state index is 0. The van der Waals surface area contributed by atoms with Crippen LogP contribution in [0.25, 0.3) is 0 Å². The molecule has 6 heteroatoms. The molecule has 2 rings (SSSR count). The topological polar surface area (TPSA) is 53.7 Å². The first-order valence-corrected chi connectivity index (χ1v) is 6.34. The lowest BCUT2D eigenvalue weighted by molar-refractivity contribution is 0.390. The molecule has 0 spiro atoms. The highest BCUT2D eigenvalue weighted by Gasteiger charge is 2.45. The maximum Gasteiger partial charge on any atom is 0.193 e. The number of hydrogen-bond donors (Lipinski definition) is 1. The van der Waals surface area contributed by atoms with E-state index in [-0.39, 0.29) is 24.0 Å². The highest BCUT2D eigenvalue weighted by atomic mass is 127. The molecule has 1 unspecified atom stereocenters. The van der Waals surface area contributed by atoms with E-state index in [1.165, 1.54) is 6.42 Å². The minimum Gasteiger partial charge on any atom is -0.364 e. The average Bonchev–Trinajstić information content (AvgIpc) is 2.74. The summed E-state index contributed by atoms with van der Waals surface area (Å²) in [7, 11) is 3.81. The summed E-state index contributed by atoms with van der Waals surface area (Å²) in [6, 6.07) is 1.87. The first-order chi connectivity index (χ1) is 8.53. The van der Waals surface area contributed by atoms with Gasteiger partial charge in [-0.15, -0.1) is 24.0 Å². The van der Waals surface area contributed by atoms with Crippen molar-refractivity contribution in [1.82, 2.24) is 15.4 Å². The van der Waals surface area contributed by atoms with Gasteiger partial charge in [0.05, 0.1) is 6.54 Å². The highest BCUT2D eigenvalue weighted by Crippen LogP contribution is 2.50. The molecule has 1 aromatic heterocycles. The average molecular weight is 378 g/mol. The Bertz CT molecular complexity index is 416. The van der Waals surface area contributed by atoms with E-state index >= 15 is 0 Å². The number of aliphatic imine (C=N–C) groups is 1. The minimum atomic E-state index is 0. The maximum absolute atomic E-state index is 4.83. The van der Waals surface area contributed by atoms with Crippen LogP contribution in [0.2, 0.25) is 0 Å². The molecule has 1 aliphatic carbocycles. The maximum atomic E-state index is 4.83. The number of aromatic nitrogens is 1. The summed E-state index contributed by atoms with van der Waals surface area (Å²) in [4.78, 5) is 6.34. The fraction of sp³-hybridized carbons (Fsp3) is 0.692. The number of hydrogen-bond acceptors (Lipinski definition) is 3. The van der Waals surface area contributed by atoms with E-state index in [0.717, 1.165) is 24.1 Å². The molecule has 1 saturated carbocycles. The van der Waals surface area contributed by atoms with Crippen LogP contribution < -0.4 is 5.32 Å². The van der Waals surface area contributed by atoms with Gasteiger partial charge in [-0.05, 0) is 17.8 Å². The predicted molar refractivity (Wildman–Crippen MR) is 86.6 cm³/mol. The van der Waals surface area contributed by atoms with E-state index < -0.39 is 0 Å². The lowest BCUT2D eigenvalue weighted by Crippen LogP contribution is -2.39. The quantitative estimate of drug-likeness (QED) is 0.497. The monoisotopic (exact) mass is 378 g/mol. The predicted octanol–water partition coefficient (Wildman–Crippen LogP) is 2.35. The van der Waals surface area contributed by atoms with Crippen LogP contribution in [0.5, 0.6) is 0 Å². The Balaban J connectivity index is 0.00000180. The van der Waals surface area contributed by atoms with Crippen LogP contribution in [0.1, 0.15) is 26.0 Å². The summed E-state index contributed by atoms with van der Waals surface area (Å²) < 4.78 is 4.83. The highest BCUT2D eigenvalue weighted by molar-refractivity contribution is 14.0. The molecule has 108 valence electrons. The Kier molecular flexibility index (Phi) is 5.64. The van der Waals surface area contributed by atoms with E-state index in [9.17, 15) is 0 Å². The molecule has 0 amide bonds. The van der Waals surface area contributed by atoms with Crippen LogP contribution in [-0.4, -0.2) is 36.7 Å². The Morgan fingerprint density at radius 1 is 1.63 bits per heavy atom. The molecule has 1 N–H and O–H groups in total. The second-order valence-electron chi connectivity index (χ2n) is 5.66. The number of halogens is 1. The summed E-state index contributed by atoms with van der Waals surface area (Å²) in [6.45, 7) is 6.30. The second kappa shape index (κ2) is 6.58. The van der Waals surface area contributed by atoms with Crippen molar-refractivity contribution >= 4 is 29.9 Å². The smallest absolute Gasteiger partial charge is 0.193 e. The molecular weight excluding hydrogens is 355 g/mol. The van der Waals surface area contributed by atoms with Crippen LogP contribution in [0.15, 0.2) is 21.8 Å². The Labute approximate surface area is 131 Å². The first kappa shape index (κ1) is 16.3. The summed E-state index contributed by atoms with van der Waals surface area (Å²) in [6.07, 6.45) is 2.88. The molecular formula is C13H23IN4O. The Hall–Kier alpha value is -0.790. The van der Waals surface area contributed by atoms with Crippen molar-refractivity contribution in [2.75, 3.05) is 20.6 Å². The van der Waals surface area contributed by atoms with Crippen LogP contribution >= 0.6 is 24.0 Å². The van der Waals surface area contributed by atoms with Gasteiger partial charge in [0.2, 0.25) is 0 Å². The third-order valence-electron chi connectivity index (χ3n) is 3.69. The normalized spacial score (nSPS) is 20.6. The number of nitrogens with zero attached hydrogens (tertiary/aromatic N) is 3. The SMILES string of the molecule is CN=C(NCC1CC1(C)C)N(C)Cc1ccon1.I. The Morgan fingerprint density at radius 3 is 2.79 bits per heavy atom. The van der Waals surface area contributed by atoms with Crippen molar-refractivity contribution in [2.45, 2.75) is 26.8 Å². The molecule has 0 aromatic carbocycles. The molecule has 1 atom stereocenters. The van der Waals surface area contributed by atoms with Crippen molar-refractivity contribution < 1.29 is 4.52 Å². The fourth-order valence-corrected chi connectivity index (χ4v) is 2.16. The van der Waals surface area contributed by atoms with Gasteiger partial charge in [-0.2, -0.15) is 0 Å². The number of rotatable bonds is 4. The van der Waals surface area contributed by atoms with Gasteiger partial charge in [-0.1, -0.05) is 19.0 Å². The third kappa shape index (κ3) is 4.36. The molecule has 0 radical (unpaired) electrons. The second-order valence-corrected chi connectivity index (χ2v) is 5.66. The van der Waals surface area contributed by atoms with Gasteiger partial charge in [0.15, 0.2) is 5.96 Å². The van der Waals surface area contributed by atoms with Crippen LogP contribution in [0.3, 0.4) is 0 Å². The van der Waals surface area contributed by atoms with Gasteiger partial charge in [-0.3, -0.25) is 4.99 Å². The molecule has 1 heterocycles. The van der Waals surface area contributed by atoms with E-state index in [4.69, 9.17) is 4.52 Å². The first-order valence-electron chi connectivity index (χ1n) is 6.34. The zero-order valence-corrected chi connectivity index (χ0v) is 14.3. The van der Waals surface area contributed by atoms with Crippen LogP contribution in [0, 0.1) is 11.3 Å². The molecule has 1 fully saturated rings. The molecule has 1 aromatic rings. The number of nitrogens with one attached hydrogen (secondary N) is 1. The van der Waals surface area contributed by atoms with E-state index in [1.807, 2.05) is 18.0 Å².